The predicted molar refractivity (Wildman–Crippen MR) is 87.2 cm³/mol. The van der Waals surface area contributed by atoms with Gasteiger partial charge in [0.2, 0.25) is 0 Å². The van der Waals surface area contributed by atoms with Gasteiger partial charge in [0.1, 0.15) is 5.78 Å². The number of rotatable bonds is 12. The Balaban J connectivity index is 3.78. The van der Waals surface area contributed by atoms with Crippen molar-refractivity contribution in [2.45, 2.75) is 79.1 Å². The smallest absolute Gasteiger partial charge is 0.306 e. The van der Waals surface area contributed by atoms with Gasteiger partial charge in [0, 0.05) is 12.8 Å². The normalized spacial score (nSPS) is 11.8. The standard InChI is InChI=1S/C18H32O3/c1-5-7-10-16(6-2)14-21-18(20)13-12-17(19)11-8-9-15(3)4/h9,16H,5-8,10-14H2,1-4H3. The van der Waals surface area contributed by atoms with E-state index in [0.29, 0.717) is 25.4 Å². The topological polar surface area (TPSA) is 43.4 Å². The van der Waals surface area contributed by atoms with E-state index >= 15 is 0 Å². The monoisotopic (exact) mass is 296 g/mol. The summed E-state index contributed by atoms with van der Waals surface area (Å²) >= 11 is 0. The number of hydrogen-bond donors (Lipinski definition) is 0. The Bertz CT molecular complexity index is 327. The zero-order valence-electron chi connectivity index (χ0n) is 14.2. The summed E-state index contributed by atoms with van der Waals surface area (Å²) in [5, 5.41) is 0. The van der Waals surface area contributed by atoms with Crippen LogP contribution < -0.4 is 0 Å². The van der Waals surface area contributed by atoms with Crippen molar-refractivity contribution >= 4 is 11.8 Å². The molecule has 0 bridgehead atoms. The first kappa shape index (κ1) is 19.9. The van der Waals surface area contributed by atoms with Crippen LogP contribution in [-0.2, 0) is 14.3 Å². The van der Waals surface area contributed by atoms with Crippen molar-refractivity contribution in [1.82, 2.24) is 0 Å². The minimum atomic E-state index is -0.236. The van der Waals surface area contributed by atoms with Crippen LogP contribution in [0.5, 0.6) is 0 Å². The summed E-state index contributed by atoms with van der Waals surface area (Å²) in [6.45, 7) is 8.83. The first-order chi connectivity index (χ1) is 9.99. The van der Waals surface area contributed by atoms with Crippen molar-refractivity contribution in [3.8, 4) is 0 Å². The van der Waals surface area contributed by atoms with Gasteiger partial charge in [0.25, 0.3) is 0 Å². The second-order valence-corrected chi connectivity index (χ2v) is 5.96. The van der Waals surface area contributed by atoms with E-state index in [1.165, 1.54) is 18.4 Å². The van der Waals surface area contributed by atoms with Gasteiger partial charge in [-0.2, -0.15) is 0 Å². The molecule has 1 unspecified atom stereocenters. The Morgan fingerprint density at radius 1 is 1.10 bits per heavy atom. The molecule has 0 aliphatic carbocycles. The van der Waals surface area contributed by atoms with Crippen molar-refractivity contribution in [2.75, 3.05) is 6.61 Å². The molecule has 0 heterocycles. The second kappa shape index (κ2) is 12.6. The number of ketones is 1. The molecule has 0 N–H and O–H groups in total. The SMILES string of the molecule is CCCCC(CC)COC(=O)CCC(=O)CCC=C(C)C. The maximum absolute atomic E-state index is 11.6. The molecule has 0 aromatic carbocycles. The van der Waals surface area contributed by atoms with Crippen molar-refractivity contribution in [3.63, 3.8) is 0 Å². The molecule has 0 aliphatic heterocycles. The first-order valence-corrected chi connectivity index (χ1v) is 8.30. The molecule has 0 amide bonds. The fourth-order valence-corrected chi connectivity index (χ4v) is 2.07. The summed E-state index contributed by atoms with van der Waals surface area (Å²) in [4.78, 5) is 23.3. The van der Waals surface area contributed by atoms with Crippen molar-refractivity contribution < 1.29 is 14.3 Å². The molecule has 0 rings (SSSR count). The number of carbonyl (C=O) groups excluding carboxylic acids is 2. The number of ether oxygens (including phenoxy) is 1. The molecule has 0 aromatic heterocycles. The third-order valence-electron chi connectivity index (χ3n) is 3.61. The lowest BCUT2D eigenvalue weighted by atomic mass is 10.0. The highest BCUT2D eigenvalue weighted by molar-refractivity contribution is 5.82. The second-order valence-electron chi connectivity index (χ2n) is 5.96. The molecule has 3 nitrogen and oxygen atoms in total. The summed E-state index contributed by atoms with van der Waals surface area (Å²) in [7, 11) is 0. The lowest BCUT2D eigenvalue weighted by molar-refractivity contribution is -0.146. The summed E-state index contributed by atoms with van der Waals surface area (Å²) in [5.41, 5.74) is 1.22. The Kier molecular flexibility index (Phi) is 11.9. The molecule has 0 fully saturated rings. The van der Waals surface area contributed by atoms with Crippen LogP contribution in [0.1, 0.15) is 79.1 Å². The van der Waals surface area contributed by atoms with Gasteiger partial charge < -0.3 is 4.74 Å². The lowest BCUT2D eigenvalue weighted by Crippen LogP contribution is -2.14. The number of Topliss-reactive ketones (excluding diaryl/α,β-unsaturated/α-hetero) is 1. The number of allylic oxidation sites excluding steroid dienone is 2. The average Bonchev–Trinajstić information content (AvgIpc) is 2.45. The number of esters is 1. The minimum Gasteiger partial charge on any atom is -0.465 e. The summed E-state index contributed by atoms with van der Waals surface area (Å²) in [6.07, 6.45) is 8.37. The fourth-order valence-electron chi connectivity index (χ4n) is 2.07. The van der Waals surface area contributed by atoms with Gasteiger partial charge in [-0.1, -0.05) is 44.8 Å². The Morgan fingerprint density at radius 3 is 2.38 bits per heavy atom. The maximum atomic E-state index is 11.6. The third-order valence-corrected chi connectivity index (χ3v) is 3.61. The van der Waals surface area contributed by atoms with E-state index in [1.807, 2.05) is 13.8 Å². The number of carbonyl (C=O) groups is 2. The van der Waals surface area contributed by atoms with Gasteiger partial charge in [0.15, 0.2) is 0 Å². The lowest BCUT2D eigenvalue weighted by Gasteiger charge is -2.14. The molecule has 21 heavy (non-hydrogen) atoms. The maximum Gasteiger partial charge on any atom is 0.306 e. The molecule has 0 spiro atoms. The molecule has 0 aromatic rings. The van der Waals surface area contributed by atoms with Crippen LogP contribution in [0.3, 0.4) is 0 Å². The van der Waals surface area contributed by atoms with Gasteiger partial charge in [-0.3, -0.25) is 9.59 Å². The number of hydrogen-bond acceptors (Lipinski definition) is 3. The fraction of sp³-hybridized carbons (Fsp3) is 0.778. The molecule has 122 valence electrons. The quantitative estimate of drug-likeness (QED) is 0.382. The van der Waals surface area contributed by atoms with Gasteiger partial charge in [-0.25, -0.2) is 0 Å². The molecule has 0 radical (unpaired) electrons. The van der Waals surface area contributed by atoms with Gasteiger partial charge in [-0.05, 0) is 32.6 Å². The Labute approximate surface area is 130 Å². The van der Waals surface area contributed by atoms with Crippen LogP contribution >= 0.6 is 0 Å². The zero-order chi connectivity index (χ0) is 16.1. The molecule has 0 saturated heterocycles. The third kappa shape index (κ3) is 12.3. The van der Waals surface area contributed by atoms with E-state index in [0.717, 1.165) is 19.3 Å². The van der Waals surface area contributed by atoms with Crippen LogP contribution in [-0.4, -0.2) is 18.4 Å². The minimum absolute atomic E-state index is 0.141. The largest absolute Gasteiger partial charge is 0.465 e. The highest BCUT2D eigenvalue weighted by atomic mass is 16.5. The van der Waals surface area contributed by atoms with Crippen LogP contribution in [0.2, 0.25) is 0 Å². The van der Waals surface area contributed by atoms with Crippen molar-refractivity contribution in [1.29, 1.82) is 0 Å². The molecule has 0 aliphatic rings. The van der Waals surface area contributed by atoms with Gasteiger partial charge >= 0.3 is 5.97 Å². The highest BCUT2D eigenvalue weighted by Crippen LogP contribution is 2.13. The molecular formula is C18H32O3. The van der Waals surface area contributed by atoms with Crippen molar-refractivity contribution in [2.24, 2.45) is 5.92 Å². The van der Waals surface area contributed by atoms with Crippen LogP contribution in [0.4, 0.5) is 0 Å². The average molecular weight is 296 g/mol. The van der Waals surface area contributed by atoms with Gasteiger partial charge in [-0.15, -0.1) is 0 Å². The van der Waals surface area contributed by atoms with Crippen LogP contribution in [0.15, 0.2) is 11.6 Å². The van der Waals surface area contributed by atoms with E-state index in [2.05, 4.69) is 19.9 Å². The summed E-state index contributed by atoms with van der Waals surface area (Å²) in [6, 6.07) is 0. The first-order valence-electron chi connectivity index (χ1n) is 8.30. The molecule has 3 heteroatoms. The zero-order valence-corrected chi connectivity index (χ0v) is 14.2. The molecular weight excluding hydrogens is 264 g/mol. The summed E-state index contributed by atoms with van der Waals surface area (Å²) < 4.78 is 5.28. The van der Waals surface area contributed by atoms with Crippen molar-refractivity contribution in [3.05, 3.63) is 11.6 Å². The van der Waals surface area contributed by atoms with E-state index in [9.17, 15) is 9.59 Å². The van der Waals surface area contributed by atoms with E-state index in [1.54, 1.807) is 0 Å². The molecule has 0 saturated carbocycles. The Morgan fingerprint density at radius 2 is 1.81 bits per heavy atom. The van der Waals surface area contributed by atoms with E-state index in [4.69, 9.17) is 4.74 Å². The Hall–Kier alpha value is -1.12. The van der Waals surface area contributed by atoms with Crippen LogP contribution in [0.25, 0.3) is 0 Å². The van der Waals surface area contributed by atoms with E-state index in [-0.39, 0.29) is 18.2 Å². The van der Waals surface area contributed by atoms with E-state index < -0.39 is 0 Å². The predicted octanol–water partition coefficient (Wildman–Crippen LogP) is 4.84. The van der Waals surface area contributed by atoms with Gasteiger partial charge in [0.05, 0.1) is 13.0 Å². The summed E-state index contributed by atoms with van der Waals surface area (Å²) in [5.74, 6) is 0.366. The number of unbranched alkanes of at least 4 members (excludes halogenated alkanes) is 1. The molecule has 1 atom stereocenters. The highest BCUT2D eigenvalue weighted by Gasteiger charge is 2.11. The van der Waals surface area contributed by atoms with Crippen LogP contribution in [0, 0.1) is 5.92 Å².